The van der Waals surface area contributed by atoms with E-state index < -0.39 is 0 Å². The van der Waals surface area contributed by atoms with Crippen LogP contribution in [0.3, 0.4) is 0 Å². The summed E-state index contributed by atoms with van der Waals surface area (Å²) in [6.45, 7) is 2.01. The Morgan fingerprint density at radius 3 is 2.65 bits per heavy atom. The maximum Gasteiger partial charge on any atom is 0.144 e. The summed E-state index contributed by atoms with van der Waals surface area (Å²) < 4.78 is 18.4. The molecule has 0 aliphatic carbocycles. The number of phenolic OH excluding ortho intramolecular Hbond substituents is 1. The van der Waals surface area contributed by atoms with Gasteiger partial charge in [0, 0.05) is 11.6 Å². The average molecular weight is 275 g/mol. The lowest BCUT2D eigenvalue weighted by Crippen LogP contribution is -2.10. The van der Waals surface area contributed by atoms with Gasteiger partial charge in [0.15, 0.2) is 0 Å². The van der Waals surface area contributed by atoms with Gasteiger partial charge in [0.2, 0.25) is 0 Å². The molecule has 20 heavy (non-hydrogen) atoms. The van der Waals surface area contributed by atoms with E-state index in [-0.39, 0.29) is 17.6 Å². The van der Waals surface area contributed by atoms with Crippen molar-refractivity contribution in [3.63, 3.8) is 0 Å². The quantitative estimate of drug-likeness (QED) is 0.863. The van der Waals surface area contributed by atoms with E-state index in [4.69, 9.17) is 4.74 Å². The van der Waals surface area contributed by atoms with E-state index in [1.807, 2.05) is 19.1 Å². The number of nitrogens with one attached hydrogen (secondary N) is 1. The van der Waals surface area contributed by atoms with E-state index in [2.05, 4.69) is 5.32 Å². The number of hydrogen-bond donors (Lipinski definition) is 2. The molecule has 106 valence electrons. The van der Waals surface area contributed by atoms with Crippen LogP contribution in [-0.2, 0) is 0 Å². The molecule has 2 rings (SSSR count). The van der Waals surface area contributed by atoms with Gasteiger partial charge < -0.3 is 15.2 Å². The Balaban J connectivity index is 2.29. The molecule has 2 aromatic rings. The van der Waals surface area contributed by atoms with Gasteiger partial charge >= 0.3 is 0 Å². The molecule has 0 aromatic heterocycles. The zero-order valence-corrected chi connectivity index (χ0v) is 11.6. The number of ether oxygens (including phenoxy) is 1. The van der Waals surface area contributed by atoms with Crippen molar-refractivity contribution in [3.05, 3.63) is 53.8 Å². The van der Waals surface area contributed by atoms with Gasteiger partial charge in [-0.1, -0.05) is 25.1 Å². The van der Waals surface area contributed by atoms with E-state index >= 15 is 0 Å². The van der Waals surface area contributed by atoms with E-state index in [0.717, 1.165) is 12.0 Å². The van der Waals surface area contributed by atoms with Gasteiger partial charge in [-0.05, 0) is 24.6 Å². The molecule has 1 atom stereocenters. The number of anilines is 1. The summed E-state index contributed by atoms with van der Waals surface area (Å²) in [7, 11) is 1.50. The summed E-state index contributed by atoms with van der Waals surface area (Å²) in [5, 5.41) is 13.2. The first kappa shape index (κ1) is 14.2. The van der Waals surface area contributed by atoms with Gasteiger partial charge in [0.25, 0.3) is 0 Å². The van der Waals surface area contributed by atoms with Crippen LogP contribution in [0.1, 0.15) is 24.9 Å². The Labute approximate surface area is 118 Å². The number of methoxy groups -OCH3 is 1. The van der Waals surface area contributed by atoms with Crippen LogP contribution in [0.15, 0.2) is 42.5 Å². The minimum absolute atomic E-state index is 0.0736. The van der Waals surface area contributed by atoms with Gasteiger partial charge in [0.1, 0.15) is 17.3 Å². The third-order valence-corrected chi connectivity index (χ3v) is 3.21. The number of aromatic hydroxyl groups is 1. The van der Waals surface area contributed by atoms with Crippen LogP contribution in [-0.4, -0.2) is 12.2 Å². The van der Waals surface area contributed by atoms with Crippen molar-refractivity contribution >= 4 is 5.69 Å². The smallest absolute Gasteiger partial charge is 0.144 e. The zero-order chi connectivity index (χ0) is 14.5. The number of hydrogen-bond acceptors (Lipinski definition) is 3. The third-order valence-electron chi connectivity index (χ3n) is 3.21. The third kappa shape index (κ3) is 3.02. The molecule has 0 aliphatic heterocycles. The summed E-state index contributed by atoms with van der Waals surface area (Å²) >= 11 is 0. The Morgan fingerprint density at radius 2 is 2.00 bits per heavy atom. The molecule has 0 aliphatic rings. The van der Waals surface area contributed by atoms with Gasteiger partial charge in [-0.15, -0.1) is 0 Å². The Morgan fingerprint density at radius 1 is 1.25 bits per heavy atom. The SMILES string of the molecule is CCC(Nc1ccc(F)cc1OC)c1ccccc1O. The Bertz CT molecular complexity index is 586. The normalized spacial score (nSPS) is 11.9. The second-order valence-electron chi connectivity index (χ2n) is 4.51. The largest absolute Gasteiger partial charge is 0.508 e. The number of phenols is 1. The van der Waals surface area contributed by atoms with Crippen LogP contribution < -0.4 is 10.1 Å². The molecule has 4 heteroatoms. The minimum Gasteiger partial charge on any atom is -0.508 e. The Hall–Kier alpha value is -2.23. The van der Waals surface area contributed by atoms with Crippen molar-refractivity contribution in [2.45, 2.75) is 19.4 Å². The van der Waals surface area contributed by atoms with E-state index in [9.17, 15) is 9.50 Å². The van der Waals surface area contributed by atoms with Gasteiger partial charge in [0.05, 0.1) is 18.8 Å². The first-order valence-corrected chi connectivity index (χ1v) is 6.53. The molecule has 0 bridgehead atoms. The fourth-order valence-electron chi connectivity index (χ4n) is 2.15. The lowest BCUT2D eigenvalue weighted by atomic mass is 10.0. The summed E-state index contributed by atoms with van der Waals surface area (Å²) in [5.41, 5.74) is 1.50. The van der Waals surface area contributed by atoms with Crippen molar-refractivity contribution < 1.29 is 14.2 Å². The van der Waals surface area contributed by atoms with Crippen molar-refractivity contribution in [1.82, 2.24) is 0 Å². The summed E-state index contributed by atoms with van der Waals surface area (Å²) in [4.78, 5) is 0. The van der Waals surface area contributed by atoms with Crippen molar-refractivity contribution in [2.24, 2.45) is 0 Å². The molecule has 0 radical (unpaired) electrons. The lowest BCUT2D eigenvalue weighted by molar-refractivity contribution is 0.412. The van der Waals surface area contributed by atoms with Gasteiger partial charge in [-0.25, -0.2) is 4.39 Å². The fraction of sp³-hybridized carbons (Fsp3) is 0.250. The van der Waals surface area contributed by atoms with Crippen LogP contribution in [0.2, 0.25) is 0 Å². The Kier molecular flexibility index (Phi) is 4.45. The summed E-state index contributed by atoms with van der Waals surface area (Å²) in [6, 6.07) is 11.5. The predicted octanol–water partition coefficient (Wildman–Crippen LogP) is 4.10. The maximum atomic E-state index is 13.2. The topological polar surface area (TPSA) is 41.5 Å². The van der Waals surface area contributed by atoms with E-state index in [1.165, 1.54) is 19.2 Å². The molecule has 0 amide bonds. The molecular weight excluding hydrogens is 257 g/mol. The van der Waals surface area contributed by atoms with E-state index in [1.54, 1.807) is 18.2 Å². The summed E-state index contributed by atoms with van der Waals surface area (Å²) in [5.74, 6) is 0.342. The maximum absolute atomic E-state index is 13.2. The van der Waals surface area contributed by atoms with Crippen LogP contribution in [0.5, 0.6) is 11.5 Å². The van der Waals surface area contributed by atoms with Crippen LogP contribution in [0, 0.1) is 5.82 Å². The molecule has 2 N–H and O–H groups in total. The standard InChI is InChI=1S/C16H18FNO2/c1-3-13(12-6-4-5-7-15(12)19)18-14-9-8-11(17)10-16(14)20-2/h4-10,13,18-19H,3H2,1-2H3. The number of halogens is 1. The highest BCUT2D eigenvalue weighted by Crippen LogP contribution is 2.33. The highest BCUT2D eigenvalue weighted by atomic mass is 19.1. The molecular formula is C16H18FNO2. The average Bonchev–Trinajstić information content (AvgIpc) is 2.47. The van der Waals surface area contributed by atoms with Crippen molar-refractivity contribution in [2.75, 3.05) is 12.4 Å². The lowest BCUT2D eigenvalue weighted by Gasteiger charge is -2.21. The molecule has 0 heterocycles. The second-order valence-corrected chi connectivity index (χ2v) is 4.51. The molecule has 1 unspecified atom stereocenters. The minimum atomic E-state index is -0.344. The first-order valence-electron chi connectivity index (χ1n) is 6.53. The highest BCUT2D eigenvalue weighted by molar-refractivity contribution is 5.58. The first-order chi connectivity index (χ1) is 9.65. The monoisotopic (exact) mass is 275 g/mol. The predicted molar refractivity (Wildman–Crippen MR) is 77.7 cm³/mol. The zero-order valence-electron chi connectivity index (χ0n) is 11.6. The van der Waals surface area contributed by atoms with E-state index in [0.29, 0.717) is 11.4 Å². The van der Waals surface area contributed by atoms with Crippen LogP contribution in [0.4, 0.5) is 10.1 Å². The molecule has 2 aromatic carbocycles. The molecule has 0 spiro atoms. The molecule has 3 nitrogen and oxygen atoms in total. The summed E-state index contributed by atoms with van der Waals surface area (Å²) in [6.07, 6.45) is 0.776. The number of benzene rings is 2. The second kappa shape index (κ2) is 6.28. The number of rotatable bonds is 5. The van der Waals surface area contributed by atoms with Crippen molar-refractivity contribution in [3.8, 4) is 11.5 Å². The molecule has 0 saturated heterocycles. The van der Waals surface area contributed by atoms with Crippen molar-refractivity contribution in [1.29, 1.82) is 0 Å². The fourth-order valence-corrected chi connectivity index (χ4v) is 2.15. The van der Waals surface area contributed by atoms with Crippen LogP contribution >= 0.6 is 0 Å². The highest BCUT2D eigenvalue weighted by Gasteiger charge is 2.15. The van der Waals surface area contributed by atoms with Gasteiger partial charge in [-0.2, -0.15) is 0 Å². The molecule has 0 saturated carbocycles. The van der Waals surface area contributed by atoms with Crippen LogP contribution in [0.25, 0.3) is 0 Å². The van der Waals surface area contributed by atoms with Gasteiger partial charge in [-0.3, -0.25) is 0 Å². The molecule has 0 fully saturated rings. The number of para-hydroxylation sites is 1.